The SMILES string of the molecule is CNC(=O)c1cc(F)cc2c1N/C(=C(\C=N)C1(C)CCN(CCF)C1)N2. The van der Waals surface area contributed by atoms with Gasteiger partial charge in [0.05, 0.1) is 16.9 Å². The topological polar surface area (TPSA) is 80.2 Å². The number of carbonyl (C=O) groups excluding carboxylic acids is 1. The van der Waals surface area contributed by atoms with Gasteiger partial charge in [0.25, 0.3) is 5.91 Å². The van der Waals surface area contributed by atoms with Crippen LogP contribution in [0.1, 0.15) is 23.7 Å². The number of alkyl halides is 1. The van der Waals surface area contributed by atoms with Crippen LogP contribution in [0.2, 0.25) is 0 Å². The molecule has 26 heavy (non-hydrogen) atoms. The average molecular weight is 363 g/mol. The average Bonchev–Trinajstić information content (AvgIpc) is 3.18. The van der Waals surface area contributed by atoms with Crippen molar-refractivity contribution >= 4 is 23.5 Å². The summed E-state index contributed by atoms with van der Waals surface area (Å²) in [4.78, 5) is 14.1. The van der Waals surface area contributed by atoms with Crippen molar-refractivity contribution in [2.24, 2.45) is 5.41 Å². The second-order valence-electron chi connectivity index (χ2n) is 6.91. The van der Waals surface area contributed by atoms with Crippen LogP contribution in [0.25, 0.3) is 0 Å². The first kappa shape index (κ1) is 18.3. The predicted molar refractivity (Wildman–Crippen MR) is 98.0 cm³/mol. The van der Waals surface area contributed by atoms with Crippen molar-refractivity contribution in [2.45, 2.75) is 13.3 Å². The number of nitrogens with one attached hydrogen (secondary N) is 4. The summed E-state index contributed by atoms with van der Waals surface area (Å²) >= 11 is 0. The summed E-state index contributed by atoms with van der Waals surface area (Å²) in [5, 5.41) is 16.6. The largest absolute Gasteiger partial charge is 0.355 e. The Labute approximate surface area is 151 Å². The third-order valence-corrected chi connectivity index (χ3v) is 5.10. The molecule has 8 heteroatoms. The van der Waals surface area contributed by atoms with E-state index in [1.807, 2.05) is 11.8 Å². The van der Waals surface area contributed by atoms with Crippen molar-refractivity contribution in [1.82, 2.24) is 10.2 Å². The van der Waals surface area contributed by atoms with Crippen molar-refractivity contribution in [3.05, 3.63) is 34.9 Å². The van der Waals surface area contributed by atoms with E-state index in [-0.39, 0.29) is 11.0 Å². The van der Waals surface area contributed by atoms with Crippen LogP contribution >= 0.6 is 0 Å². The molecular formula is C18H23F2N5O. The van der Waals surface area contributed by atoms with Gasteiger partial charge in [0.2, 0.25) is 0 Å². The Morgan fingerprint density at radius 3 is 2.88 bits per heavy atom. The zero-order valence-electron chi connectivity index (χ0n) is 14.9. The number of carbonyl (C=O) groups is 1. The van der Waals surface area contributed by atoms with Gasteiger partial charge in [0, 0.05) is 37.3 Å². The van der Waals surface area contributed by atoms with Gasteiger partial charge in [-0.3, -0.25) is 9.69 Å². The van der Waals surface area contributed by atoms with Gasteiger partial charge in [-0.15, -0.1) is 0 Å². The fourth-order valence-electron chi connectivity index (χ4n) is 3.71. The molecule has 0 radical (unpaired) electrons. The summed E-state index contributed by atoms with van der Waals surface area (Å²) in [6.45, 7) is 3.41. The van der Waals surface area contributed by atoms with E-state index in [1.54, 1.807) is 0 Å². The Hall–Kier alpha value is -2.48. The van der Waals surface area contributed by atoms with Crippen molar-refractivity contribution in [2.75, 3.05) is 44.0 Å². The first-order chi connectivity index (χ1) is 12.4. The molecule has 0 saturated carbocycles. The lowest BCUT2D eigenvalue weighted by Gasteiger charge is -2.27. The molecule has 1 fully saturated rings. The minimum Gasteiger partial charge on any atom is -0.355 e. The number of halogens is 2. The molecule has 1 atom stereocenters. The van der Waals surface area contributed by atoms with Crippen LogP contribution in [0.15, 0.2) is 23.5 Å². The lowest BCUT2D eigenvalue weighted by Crippen LogP contribution is -2.30. The fraction of sp³-hybridized carbons (Fsp3) is 0.444. The zero-order chi connectivity index (χ0) is 18.9. The Morgan fingerprint density at radius 1 is 1.46 bits per heavy atom. The van der Waals surface area contributed by atoms with Crippen LogP contribution in [0.5, 0.6) is 0 Å². The molecule has 0 aliphatic carbocycles. The molecule has 0 bridgehead atoms. The van der Waals surface area contributed by atoms with Crippen LogP contribution in [-0.4, -0.2) is 50.4 Å². The highest BCUT2D eigenvalue weighted by atomic mass is 19.1. The maximum Gasteiger partial charge on any atom is 0.253 e. The van der Waals surface area contributed by atoms with Gasteiger partial charge in [-0.1, -0.05) is 6.92 Å². The standard InChI is InChI=1S/C18H23F2N5O/c1-18(3-5-25(10-18)6-4-19)13(9-21)16-23-14-8-11(20)7-12(15(14)24-16)17(26)22-2/h7-9,21,23-24H,3-6,10H2,1-2H3,(H,22,26)/b16-13+,21-9?. The monoisotopic (exact) mass is 363 g/mol. The molecule has 6 nitrogen and oxygen atoms in total. The predicted octanol–water partition coefficient (Wildman–Crippen LogP) is 2.57. The van der Waals surface area contributed by atoms with Crippen molar-refractivity contribution in [3.63, 3.8) is 0 Å². The van der Waals surface area contributed by atoms with E-state index in [1.165, 1.54) is 25.4 Å². The van der Waals surface area contributed by atoms with E-state index < -0.39 is 18.4 Å². The van der Waals surface area contributed by atoms with Gasteiger partial charge in [-0.25, -0.2) is 8.78 Å². The van der Waals surface area contributed by atoms with Crippen molar-refractivity contribution in [1.29, 1.82) is 5.41 Å². The molecular weight excluding hydrogens is 340 g/mol. The molecule has 0 spiro atoms. The van der Waals surface area contributed by atoms with E-state index >= 15 is 0 Å². The number of anilines is 2. The molecule has 140 valence electrons. The van der Waals surface area contributed by atoms with E-state index in [0.29, 0.717) is 30.3 Å². The first-order valence-electron chi connectivity index (χ1n) is 8.55. The minimum atomic E-state index is -0.518. The minimum absolute atomic E-state index is 0.199. The summed E-state index contributed by atoms with van der Waals surface area (Å²) in [6, 6.07) is 2.50. The number of hydrogen-bond donors (Lipinski definition) is 4. The Kier molecular flexibility index (Phi) is 4.95. The maximum atomic E-state index is 13.9. The number of nitrogens with zero attached hydrogens (tertiary/aromatic N) is 1. The van der Waals surface area contributed by atoms with Crippen LogP contribution in [0.4, 0.5) is 20.2 Å². The quantitative estimate of drug-likeness (QED) is 0.606. The molecule has 0 aromatic heterocycles. The molecule has 1 aromatic rings. The third kappa shape index (κ3) is 3.16. The number of likely N-dealkylation sites (tertiary alicyclic amines) is 1. The lowest BCUT2D eigenvalue weighted by atomic mass is 9.81. The van der Waals surface area contributed by atoms with Crippen LogP contribution < -0.4 is 16.0 Å². The first-order valence-corrected chi connectivity index (χ1v) is 8.55. The second-order valence-corrected chi connectivity index (χ2v) is 6.91. The fourth-order valence-corrected chi connectivity index (χ4v) is 3.71. The lowest BCUT2D eigenvalue weighted by molar-refractivity contribution is 0.0963. The molecule has 1 amide bonds. The smallest absolute Gasteiger partial charge is 0.253 e. The Bertz CT molecular complexity index is 779. The second kappa shape index (κ2) is 7.03. The van der Waals surface area contributed by atoms with E-state index in [0.717, 1.165) is 18.5 Å². The highest BCUT2D eigenvalue weighted by Gasteiger charge is 2.39. The molecule has 1 unspecified atom stereocenters. The van der Waals surface area contributed by atoms with Crippen LogP contribution in [0, 0.1) is 16.6 Å². The van der Waals surface area contributed by atoms with Gasteiger partial charge < -0.3 is 21.4 Å². The summed E-state index contributed by atoms with van der Waals surface area (Å²) in [7, 11) is 1.49. The molecule has 3 rings (SSSR count). The molecule has 1 aromatic carbocycles. The van der Waals surface area contributed by atoms with Crippen LogP contribution in [-0.2, 0) is 0 Å². The van der Waals surface area contributed by atoms with Gasteiger partial charge in [0.15, 0.2) is 0 Å². The van der Waals surface area contributed by atoms with Crippen molar-refractivity contribution in [3.8, 4) is 0 Å². The maximum absolute atomic E-state index is 13.9. The summed E-state index contributed by atoms with van der Waals surface area (Å²) in [5.74, 6) is -0.347. The summed E-state index contributed by atoms with van der Waals surface area (Å²) < 4.78 is 26.5. The molecule has 2 aliphatic rings. The summed E-state index contributed by atoms with van der Waals surface area (Å²) in [5.41, 5.74) is 1.53. The number of benzene rings is 1. The Morgan fingerprint density at radius 2 is 2.23 bits per heavy atom. The molecule has 2 heterocycles. The van der Waals surface area contributed by atoms with E-state index in [4.69, 9.17) is 5.41 Å². The number of amides is 1. The van der Waals surface area contributed by atoms with Gasteiger partial charge in [-0.05, 0) is 25.1 Å². The number of rotatable bonds is 5. The van der Waals surface area contributed by atoms with Crippen LogP contribution in [0.3, 0.4) is 0 Å². The highest BCUT2D eigenvalue weighted by Crippen LogP contribution is 2.42. The molecule has 1 saturated heterocycles. The third-order valence-electron chi connectivity index (χ3n) is 5.10. The number of hydrogen-bond acceptors (Lipinski definition) is 5. The van der Waals surface area contributed by atoms with E-state index in [2.05, 4.69) is 16.0 Å². The zero-order valence-corrected chi connectivity index (χ0v) is 14.9. The van der Waals surface area contributed by atoms with Gasteiger partial charge in [-0.2, -0.15) is 0 Å². The normalized spacial score (nSPS) is 23.8. The molecule has 4 N–H and O–H groups in total. The summed E-state index contributed by atoms with van der Waals surface area (Å²) in [6.07, 6.45) is 2.06. The highest BCUT2D eigenvalue weighted by molar-refractivity contribution is 6.05. The molecule has 2 aliphatic heterocycles. The van der Waals surface area contributed by atoms with Gasteiger partial charge >= 0.3 is 0 Å². The van der Waals surface area contributed by atoms with E-state index in [9.17, 15) is 13.6 Å². The Balaban J connectivity index is 1.96. The van der Waals surface area contributed by atoms with Gasteiger partial charge in [0.1, 0.15) is 18.3 Å². The number of fused-ring (bicyclic) bond motifs is 1. The van der Waals surface area contributed by atoms with Crippen molar-refractivity contribution < 1.29 is 13.6 Å².